The van der Waals surface area contributed by atoms with Crippen LogP contribution in [0.1, 0.15) is 65.2 Å². The zero-order chi connectivity index (χ0) is 12.2. The van der Waals surface area contributed by atoms with E-state index in [1.165, 1.54) is 44.9 Å². The molecular weight excluding hydrogens is 268 g/mol. The minimum Gasteiger partial charge on any atom is -0.465 e. The van der Waals surface area contributed by atoms with Gasteiger partial charge >= 0.3 is 5.97 Å². The second kappa shape index (κ2) is 11.4. The molecule has 0 aromatic heterocycles. The van der Waals surface area contributed by atoms with E-state index in [1.54, 1.807) is 6.92 Å². The first-order chi connectivity index (χ1) is 7.68. The summed E-state index contributed by atoms with van der Waals surface area (Å²) >= 11 is 3.18. The van der Waals surface area contributed by atoms with Gasteiger partial charge in [-0.25, -0.2) is 0 Å². The van der Waals surface area contributed by atoms with Crippen LogP contribution in [0.4, 0.5) is 0 Å². The van der Waals surface area contributed by atoms with Crippen LogP contribution in [0.15, 0.2) is 0 Å². The Labute approximate surface area is 108 Å². The van der Waals surface area contributed by atoms with Crippen molar-refractivity contribution in [2.75, 3.05) is 6.61 Å². The molecule has 0 N–H and O–H groups in total. The van der Waals surface area contributed by atoms with Crippen LogP contribution in [0.25, 0.3) is 0 Å². The van der Waals surface area contributed by atoms with E-state index >= 15 is 0 Å². The van der Waals surface area contributed by atoms with Crippen molar-refractivity contribution in [1.82, 2.24) is 0 Å². The summed E-state index contributed by atoms with van der Waals surface area (Å²) in [5.74, 6) is -0.150. The highest BCUT2D eigenvalue weighted by Crippen LogP contribution is 2.08. The van der Waals surface area contributed by atoms with Crippen molar-refractivity contribution in [3.63, 3.8) is 0 Å². The number of ether oxygens (including phenoxy) is 1. The van der Waals surface area contributed by atoms with Crippen molar-refractivity contribution in [3.8, 4) is 0 Å². The quantitative estimate of drug-likeness (QED) is 0.338. The fourth-order valence-electron chi connectivity index (χ4n) is 1.52. The molecule has 0 rings (SSSR count). The van der Waals surface area contributed by atoms with E-state index in [4.69, 9.17) is 4.74 Å². The van der Waals surface area contributed by atoms with Crippen LogP contribution < -0.4 is 0 Å². The highest BCUT2D eigenvalue weighted by molar-refractivity contribution is 9.10. The maximum Gasteiger partial charge on any atom is 0.319 e. The molecule has 16 heavy (non-hydrogen) atoms. The lowest BCUT2D eigenvalue weighted by Gasteiger charge is -2.05. The molecule has 0 radical (unpaired) electrons. The normalized spacial score (nSPS) is 12.4. The zero-order valence-corrected chi connectivity index (χ0v) is 12.2. The number of carbonyl (C=O) groups excluding carboxylic acids is 1. The van der Waals surface area contributed by atoms with Crippen LogP contribution in [0.5, 0.6) is 0 Å². The number of carbonyl (C=O) groups is 1. The van der Waals surface area contributed by atoms with Gasteiger partial charge in [0.2, 0.25) is 0 Å². The van der Waals surface area contributed by atoms with Gasteiger partial charge in [0.05, 0.1) is 6.61 Å². The predicted molar refractivity (Wildman–Crippen MR) is 72.0 cm³/mol. The Bertz CT molecular complexity index is 169. The molecule has 0 amide bonds. The first kappa shape index (κ1) is 16.0. The Morgan fingerprint density at radius 3 is 2.06 bits per heavy atom. The Morgan fingerprint density at radius 1 is 1.06 bits per heavy atom. The Balaban J connectivity index is 3.07. The van der Waals surface area contributed by atoms with Gasteiger partial charge in [-0.05, 0) is 13.3 Å². The maximum atomic E-state index is 11.1. The van der Waals surface area contributed by atoms with E-state index in [1.807, 2.05) is 0 Å². The summed E-state index contributed by atoms with van der Waals surface area (Å²) < 4.78 is 5.06. The van der Waals surface area contributed by atoms with Gasteiger partial charge in [-0.15, -0.1) is 0 Å². The molecule has 0 saturated carbocycles. The van der Waals surface area contributed by atoms with Crippen molar-refractivity contribution in [1.29, 1.82) is 0 Å². The summed E-state index contributed by atoms with van der Waals surface area (Å²) in [4.78, 5) is 10.9. The molecule has 3 heteroatoms. The molecule has 0 fully saturated rings. The smallest absolute Gasteiger partial charge is 0.319 e. The summed E-state index contributed by atoms with van der Waals surface area (Å²) in [5.41, 5.74) is 0. The maximum absolute atomic E-state index is 11.1. The summed E-state index contributed by atoms with van der Waals surface area (Å²) in [6.07, 6.45) is 10.2. The average molecular weight is 293 g/mol. The highest BCUT2D eigenvalue weighted by Gasteiger charge is 2.08. The van der Waals surface area contributed by atoms with E-state index < -0.39 is 0 Å². The minimum absolute atomic E-state index is 0.150. The molecule has 1 unspecified atom stereocenters. The fraction of sp³-hybridized carbons (Fsp3) is 0.923. The SMILES string of the molecule is CCCCCCCCCCOC(=O)C(C)Br. The molecular formula is C13H25BrO2. The molecule has 0 bridgehead atoms. The Hall–Kier alpha value is -0.0500. The Kier molecular flexibility index (Phi) is 11.4. The van der Waals surface area contributed by atoms with Crippen molar-refractivity contribution in [2.45, 2.75) is 70.0 Å². The van der Waals surface area contributed by atoms with E-state index in [2.05, 4.69) is 22.9 Å². The number of hydrogen-bond acceptors (Lipinski definition) is 2. The molecule has 0 aromatic carbocycles. The highest BCUT2D eigenvalue weighted by atomic mass is 79.9. The number of hydrogen-bond donors (Lipinski definition) is 0. The summed E-state index contributed by atoms with van der Waals surface area (Å²) in [6, 6.07) is 0. The van der Waals surface area contributed by atoms with E-state index in [-0.39, 0.29) is 10.8 Å². The number of unbranched alkanes of at least 4 members (excludes halogenated alkanes) is 7. The van der Waals surface area contributed by atoms with Gasteiger partial charge in [0.15, 0.2) is 0 Å². The molecule has 2 nitrogen and oxygen atoms in total. The van der Waals surface area contributed by atoms with Crippen LogP contribution >= 0.6 is 15.9 Å². The molecule has 0 aliphatic rings. The molecule has 0 heterocycles. The first-order valence-corrected chi connectivity index (χ1v) is 7.40. The third-order valence-corrected chi connectivity index (χ3v) is 2.94. The van der Waals surface area contributed by atoms with Crippen LogP contribution in [-0.4, -0.2) is 17.4 Å². The summed E-state index contributed by atoms with van der Waals surface area (Å²) in [6.45, 7) is 4.60. The molecule has 1 atom stereocenters. The van der Waals surface area contributed by atoms with E-state index in [0.29, 0.717) is 6.61 Å². The van der Waals surface area contributed by atoms with Gasteiger partial charge in [0, 0.05) is 0 Å². The summed E-state index contributed by atoms with van der Waals surface area (Å²) in [5, 5.41) is 0. The monoisotopic (exact) mass is 292 g/mol. The third-order valence-electron chi connectivity index (χ3n) is 2.57. The number of alkyl halides is 1. The largest absolute Gasteiger partial charge is 0.465 e. The van der Waals surface area contributed by atoms with Crippen LogP contribution in [0.2, 0.25) is 0 Å². The molecule has 0 aliphatic carbocycles. The second-order valence-electron chi connectivity index (χ2n) is 4.26. The second-order valence-corrected chi connectivity index (χ2v) is 5.63. The zero-order valence-electron chi connectivity index (χ0n) is 10.6. The fourth-order valence-corrected chi connectivity index (χ4v) is 1.66. The van der Waals surface area contributed by atoms with Gasteiger partial charge in [-0.2, -0.15) is 0 Å². The van der Waals surface area contributed by atoms with Gasteiger partial charge in [0.25, 0.3) is 0 Å². The molecule has 96 valence electrons. The molecule has 0 saturated heterocycles. The lowest BCUT2D eigenvalue weighted by Crippen LogP contribution is -2.14. The third kappa shape index (κ3) is 10.5. The van der Waals surface area contributed by atoms with Crippen molar-refractivity contribution in [2.24, 2.45) is 0 Å². The van der Waals surface area contributed by atoms with Gasteiger partial charge in [-0.1, -0.05) is 67.8 Å². The van der Waals surface area contributed by atoms with Crippen molar-refractivity contribution in [3.05, 3.63) is 0 Å². The van der Waals surface area contributed by atoms with E-state index in [0.717, 1.165) is 6.42 Å². The van der Waals surface area contributed by atoms with Crippen LogP contribution in [0.3, 0.4) is 0 Å². The topological polar surface area (TPSA) is 26.3 Å². The summed E-state index contributed by atoms with van der Waals surface area (Å²) in [7, 11) is 0. The lowest BCUT2D eigenvalue weighted by atomic mass is 10.1. The lowest BCUT2D eigenvalue weighted by molar-refractivity contribution is -0.142. The average Bonchev–Trinajstić information content (AvgIpc) is 2.26. The molecule has 0 aromatic rings. The number of rotatable bonds is 10. The van der Waals surface area contributed by atoms with Gasteiger partial charge < -0.3 is 4.74 Å². The number of halogens is 1. The van der Waals surface area contributed by atoms with Crippen LogP contribution in [0, 0.1) is 0 Å². The van der Waals surface area contributed by atoms with Crippen molar-refractivity contribution < 1.29 is 9.53 Å². The van der Waals surface area contributed by atoms with Gasteiger partial charge in [-0.3, -0.25) is 4.79 Å². The van der Waals surface area contributed by atoms with Crippen molar-refractivity contribution >= 4 is 21.9 Å². The molecule has 0 spiro atoms. The van der Waals surface area contributed by atoms with Crippen LogP contribution in [-0.2, 0) is 9.53 Å². The minimum atomic E-state index is -0.179. The standard InChI is InChI=1S/C13H25BrO2/c1-3-4-5-6-7-8-9-10-11-16-13(15)12(2)14/h12H,3-11H2,1-2H3. The number of esters is 1. The predicted octanol–water partition coefficient (Wildman–Crippen LogP) is 4.45. The first-order valence-electron chi connectivity index (χ1n) is 6.49. The Morgan fingerprint density at radius 2 is 1.56 bits per heavy atom. The molecule has 0 aliphatic heterocycles. The van der Waals surface area contributed by atoms with Gasteiger partial charge in [0.1, 0.15) is 4.83 Å². The van der Waals surface area contributed by atoms with E-state index in [9.17, 15) is 4.79 Å².